The first-order valence-corrected chi connectivity index (χ1v) is 10.9. The van der Waals surface area contributed by atoms with E-state index in [4.69, 9.17) is 4.74 Å². The Bertz CT molecular complexity index is 723. The average molecular weight is 397 g/mol. The van der Waals surface area contributed by atoms with Crippen LogP contribution >= 0.6 is 0 Å². The molecular weight excluding hydrogens is 368 g/mol. The Morgan fingerprint density at radius 2 is 1.70 bits per heavy atom. The summed E-state index contributed by atoms with van der Waals surface area (Å²) < 4.78 is 31.9. The van der Waals surface area contributed by atoms with Gasteiger partial charge in [-0.1, -0.05) is 26.2 Å². The normalized spacial score (nSPS) is 15.7. The van der Waals surface area contributed by atoms with Crippen molar-refractivity contribution in [1.29, 1.82) is 0 Å². The zero-order valence-electron chi connectivity index (χ0n) is 15.8. The maximum Gasteiger partial charge on any atom is 0.338 e. The highest BCUT2D eigenvalue weighted by atomic mass is 32.2. The third kappa shape index (κ3) is 6.32. The van der Waals surface area contributed by atoms with Gasteiger partial charge >= 0.3 is 5.97 Å². The van der Waals surface area contributed by atoms with Crippen LogP contribution in [-0.2, 0) is 19.6 Å². The topological polar surface area (TPSA) is 92.8 Å². The van der Waals surface area contributed by atoms with Gasteiger partial charge in [-0.2, -0.15) is 4.31 Å². The molecule has 0 bridgehead atoms. The van der Waals surface area contributed by atoms with Crippen molar-refractivity contribution < 1.29 is 22.7 Å². The maximum absolute atomic E-state index is 12.7. The molecule has 150 valence electrons. The molecule has 0 aliphatic carbocycles. The minimum absolute atomic E-state index is 0.165. The lowest BCUT2D eigenvalue weighted by molar-refractivity contribution is -0.124. The van der Waals surface area contributed by atoms with Crippen LogP contribution in [0.15, 0.2) is 29.2 Å². The van der Waals surface area contributed by atoms with Crippen molar-refractivity contribution in [3.05, 3.63) is 29.8 Å². The van der Waals surface area contributed by atoms with Crippen molar-refractivity contribution in [2.75, 3.05) is 26.2 Å². The van der Waals surface area contributed by atoms with Crippen LogP contribution in [0.5, 0.6) is 0 Å². The van der Waals surface area contributed by atoms with Crippen LogP contribution < -0.4 is 5.32 Å². The molecule has 0 spiro atoms. The highest BCUT2D eigenvalue weighted by Crippen LogP contribution is 2.20. The molecule has 1 aliphatic heterocycles. The van der Waals surface area contributed by atoms with Gasteiger partial charge in [-0.15, -0.1) is 0 Å². The number of nitrogens with zero attached hydrogens (tertiary/aromatic N) is 1. The van der Waals surface area contributed by atoms with Crippen LogP contribution in [0.25, 0.3) is 0 Å². The van der Waals surface area contributed by atoms with E-state index in [1.165, 1.54) is 28.6 Å². The number of esters is 1. The monoisotopic (exact) mass is 396 g/mol. The summed E-state index contributed by atoms with van der Waals surface area (Å²) in [5.74, 6) is -1.00. The molecule has 1 heterocycles. The molecule has 0 saturated carbocycles. The summed E-state index contributed by atoms with van der Waals surface area (Å²) >= 11 is 0. The van der Waals surface area contributed by atoms with E-state index in [9.17, 15) is 18.0 Å². The van der Waals surface area contributed by atoms with Crippen LogP contribution in [0.4, 0.5) is 0 Å². The van der Waals surface area contributed by atoms with Crippen molar-refractivity contribution in [1.82, 2.24) is 9.62 Å². The zero-order chi connectivity index (χ0) is 19.7. The first kappa shape index (κ1) is 21.4. The van der Waals surface area contributed by atoms with Crippen LogP contribution in [0, 0.1) is 0 Å². The number of ether oxygens (including phenoxy) is 1. The first-order chi connectivity index (χ1) is 12.9. The van der Waals surface area contributed by atoms with Crippen molar-refractivity contribution >= 4 is 21.9 Å². The number of carbonyl (C=O) groups is 2. The summed E-state index contributed by atoms with van der Waals surface area (Å²) in [7, 11) is -3.55. The molecule has 8 heteroatoms. The van der Waals surface area contributed by atoms with Gasteiger partial charge in [0.2, 0.25) is 10.0 Å². The molecule has 1 aromatic rings. The van der Waals surface area contributed by atoms with E-state index in [2.05, 4.69) is 5.32 Å². The second kappa shape index (κ2) is 10.4. The first-order valence-electron chi connectivity index (χ1n) is 9.49. The quantitative estimate of drug-likeness (QED) is 0.538. The van der Waals surface area contributed by atoms with Gasteiger partial charge in [0.05, 0.1) is 10.5 Å². The molecule has 0 unspecified atom stereocenters. The third-order valence-electron chi connectivity index (χ3n) is 4.48. The fourth-order valence-electron chi connectivity index (χ4n) is 2.86. The summed E-state index contributed by atoms with van der Waals surface area (Å²) in [6.45, 7) is 3.27. The second-order valence-corrected chi connectivity index (χ2v) is 8.56. The lowest BCUT2D eigenvalue weighted by atomic mass is 10.2. The van der Waals surface area contributed by atoms with Gasteiger partial charge in [0, 0.05) is 19.6 Å². The number of nitrogens with one attached hydrogen (secondary N) is 1. The van der Waals surface area contributed by atoms with Crippen molar-refractivity contribution in [2.24, 2.45) is 0 Å². The van der Waals surface area contributed by atoms with Gasteiger partial charge in [0.1, 0.15) is 0 Å². The summed E-state index contributed by atoms with van der Waals surface area (Å²) in [6.07, 6.45) is 5.65. The predicted molar refractivity (Wildman–Crippen MR) is 102 cm³/mol. The van der Waals surface area contributed by atoms with Gasteiger partial charge in [-0.3, -0.25) is 4.79 Å². The Balaban J connectivity index is 1.93. The van der Waals surface area contributed by atoms with Gasteiger partial charge in [-0.05, 0) is 43.5 Å². The van der Waals surface area contributed by atoms with Gasteiger partial charge in [0.25, 0.3) is 5.91 Å². The lowest BCUT2D eigenvalue weighted by Crippen LogP contribution is -2.32. The molecule has 2 rings (SSSR count). The molecular formula is C19H28N2O5S. The summed E-state index contributed by atoms with van der Waals surface area (Å²) in [5, 5.41) is 2.66. The second-order valence-electron chi connectivity index (χ2n) is 6.62. The molecule has 0 radical (unpaired) electrons. The number of amides is 1. The Labute approximate surface area is 161 Å². The van der Waals surface area contributed by atoms with Crippen molar-refractivity contribution in [2.45, 2.75) is 50.3 Å². The van der Waals surface area contributed by atoms with E-state index in [0.717, 1.165) is 38.5 Å². The smallest absolute Gasteiger partial charge is 0.338 e. The standard InChI is InChI=1S/C19H28N2O5S/c1-2-3-12-20-18(22)15-26-19(23)16-8-10-17(11-9-16)27(24,25)21-13-6-4-5-7-14-21/h8-11H,2-7,12-15H2,1H3,(H,20,22). The van der Waals surface area contributed by atoms with Crippen LogP contribution in [0.2, 0.25) is 0 Å². The Morgan fingerprint density at radius 3 is 2.30 bits per heavy atom. The van der Waals surface area contributed by atoms with E-state index >= 15 is 0 Å². The Morgan fingerprint density at radius 1 is 1.07 bits per heavy atom. The van der Waals surface area contributed by atoms with Crippen LogP contribution in [0.1, 0.15) is 55.8 Å². The summed E-state index contributed by atoms with van der Waals surface area (Å²) in [5.41, 5.74) is 0.214. The number of hydrogen-bond acceptors (Lipinski definition) is 5. The van der Waals surface area contributed by atoms with E-state index in [0.29, 0.717) is 19.6 Å². The van der Waals surface area contributed by atoms with Crippen LogP contribution in [0.3, 0.4) is 0 Å². The summed E-state index contributed by atoms with van der Waals surface area (Å²) in [4.78, 5) is 23.8. The van der Waals surface area contributed by atoms with E-state index in [-0.39, 0.29) is 23.0 Å². The minimum atomic E-state index is -3.55. The molecule has 1 fully saturated rings. The number of benzene rings is 1. The number of unbranched alkanes of at least 4 members (excludes halogenated alkanes) is 1. The number of carbonyl (C=O) groups excluding carboxylic acids is 2. The molecule has 27 heavy (non-hydrogen) atoms. The Hall–Kier alpha value is -1.93. The molecule has 1 amide bonds. The molecule has 1 aromatic carbocycles. The summed E-state index contributed by atoms with van der Waals surface area (Å²) in [6, 6.07) is 5.67. The highest BCUT2D eigenvalue weighted by Gasteiger charge is 2.25. The van der Waals surface area contributed by atoms with Crippen molar-refractivity contribution in [3.8, 4) is 0 Å². The highest BCUT2D eigenvalue weighted by molar-refractivity contribution is 7.89. The molecule has 1 N–H and O–H groups in total. The largest absolute Gasteiger partial charge is 0.452 e. The fourth-order valence-corrected chi connectivity index (χ4v) is 4.38. The van der Waals surface area contributed by atoms with E-state index in [1.807, 2.05) is 6.92 Å². The van der Waals surface area contributed by atoms with E-state index in [1.54, 1.807) is 0 Å². The lowest BCUT2D eigenvalue weighted by Gasteiger charge is -2.19. The number of rotatable bonds is 8. The molecule has 0 atom stereocenters. The van der Waals surface area contributed by atoms with Gasteiger partial charge in [0.15, 0.2) is 6.61 Å². The molecule has 7 nitrogen and oxygen atoms in total. The van der Waals surface area contributed by atoms with Crippen LogP contribution in [-0.4, -0.2) is 50.8 Å². The SMILES string of the molecule is CCCCNC(=O)COC(=O)c1ccc(S(=O)(=O)N2CCCCCC2)cc1. The fraction of sp³-hybridized carbons (Fsp3) is 0.579. The minimum Gasteiger partial charge on any atom is -0.452 e. The molecule has 1 aliphatic rings. The van der Waals surface area contributed by atoms with E-state index < -0.39 is 16.0 Å². The average Bonchev–Trinajstić information content (AvgIpc) is 2.96. The number of sulfonamides is 1. The Kier molecular flexibility index (Phi) is 8.24. The number of hydrogen-bond donors (Lipinski definition) is 1. The maximum atomic E-state index is 12.7. The zero-order valence-corrected chi connectivity index (χ0v) is 16.6. The third-order valence-corrected chi connectivity index (χ3v) is 6.39. The molecule has 1 saturated heterocycles. The predicted octanol–water partition coefficient (Wildman–Crippen LogP) is 2.32. The van der Waals surface area contributed by atoms with Gasteiger partial charge < -0.3 is 10.1 Å². The molecule has 0 aromatic heterocycles. The van der Waals surface area contributed by atoms with Crippen molar-refractivity contribution in [3.63, 3.8) is 0 Å². The van der Waals surface area contributed by atoms with Gasteiger partial charge in [-0.25, -0.2) is 13.2 Å².